The van der Waals surface area contributed by atoms with Crippen LogP contribution < -0.4 is 10.1 Å². The van der Waals surface area contributed by atoms with Crippen molar-refractivity contribution < 1.29 is 18.8 Å². The van der Waals surface area contributed by atoms with Crippen molar-refractivity contribution in [3.05, 3.63) is 41.5 Å². The SMILES string of the molecule is COC(=O)c1cccc(OCc2noc(C3CC34CCNC4)n2)c1. The fourth-order valence-corrected chi connectivity index (χ4v) is 3.38. The molecule has 2 heterocycles. The molecule has 0 amide bonds. The molecular formula is C17H19N3O4. The van der Waals surface area contributed by atoms with E-state index in [1.165, 1.54) is 13.5 Å². The van der Waals surface area contributed by atoms with E-state index in [0.717, 1.165) is 19.5 Å². The third-order valence-corrected chi connectivity index (χ3v) is 4.87. The molecule has 1 aliphatic carbocycles. The number of methoxy groups -OCH3 is 1. The van der Waals surface area contributed by atoms with E-state index in [4.69, 9.17) is 14.0 Å². The first-order valence-corrected chi connectivity index (χ1v) is 8.05. The van der Waals surface area contributed by atoms with Crippen LogP contribution in [0.3, 0.4) is 0 Å². The topological polar surface area (TPSA) is 86.5 Å². The third kappa shape index (κ3) is 2.75. The number of rotatable bonds is 5. The zero-order valence-corrected chi connectivity index (χ0v) is 13.4. The molecule has 1 N–H and O–H groups in total. The van der Waals surface area contributed by atoms with Gasteiger partial charge in [0.25, 0.3) is 0 Å². The highest BCUT2D eigenvalue weighted by molar-refractivity contribution is 5.89. The van der Waals surface area contributed by atoms with E-state index in [1.54, 1.807) is 24.3 Å². The van der Waals surface area contributed by atoms with E-state index in [9.17, 15) is 4.79 Å². The molecule has 24 heavy (non-hydrogen) atoms. The smallest absolute Gasteiger partial charge is 0.337 e. The maximum absolute atomic E-state index is 11.5. The highest BCUT2D eigenvalue weighted by atomic mass is 16.5. The summed E-state index contributed by atoms with van der Waals surface area (Å²) in [6.45, 7) is 2.30. The number of ether oxygens (including phenoxy) is 2. The molecule has 2 atom stereocenters. The molecule has 7 heteroatoms. The van der Waals surface area contributed by atoms with Crippen LogP contribution in [-0.4, -0.2) is 36.3 Å². The second-order valence-electron chi connectivity index (χ2n) is 6.40. The van der Waals surface area contributed by atoms with E-state index < -0.39 is 5.97 Å². The summed E-state index contributed by atoms with van der Waals surface area (Å²) in [6.07, 6.45) is 2.29. The van der Waals surface area contributed by atoms with Gasteiger partial charge in [0.1, 0.15) is 5.75 Å². The van der Waals surface area contributed by atoms with Gasteiger partial charge >= 0.3 is 5.97 Å². The summed E-state index contributed by atoms with van der Waals surface area (Å²) >= 11 is 0. The molecule has 1 saturated carbocycles. The minimum Gasteiger partial charge on any atom is -0.485 e. The monoisotopic (exact) mass is 329 g/mol. The van der Waals surface area contributed by atoms with Crippen molar-refractivity contribution in [2.24, 2.45) is 5.41 Å². The second kappa shape index (κ2) is 5.90. The Morgan fingerprint density at radius 2 is 2.42 bits per heavy atom. The van der Waals surface area contributed by atoms with E-state index >= 15 is 0 Å². The lowest BCUT2D eigenvalue weighted by Crippen LogP contribution is -2.10. The Morgan fingerprint density at radius 1 is 1.50 bits per heavy atom. The van der Waals surface area contributed by atoms with Crippen LogP contribution in [0.1, 0.15) is 40.8 Å². The highest BCUT2D eigenvalue weighted by Gasteiger charge is 2.58. The van der Waals surface area contributed by atoms with Gasteiger partial charge in [0.2, 0.25) is 11.7 Å². The summed E-state index contributed by atoms with van der Waals surface area (Å²) in [5.74, 6) is 1.76. The van der Waals surface area contributed by atoms with Crippen molar-refractivity contribution in [2.75, 3.05) is 20.2 Å². The predicted octanol–water partition coefficient (Wildman–Crippen LogP) is 1.90. The number of benzene rings is 1. The van der Waals surface area contributed by atoms with Crippen molar-refractivity contribution in [1.82, 2.24) is 15.5 Å². The standard InChI is InChI=1S/C17H19N3O4/c1-22-16(21)11-3-2-4-12(7-11)23-9-14-19-15(24-20-14)13-8-17(13)5-6-18-10-17/h2-4,7,13,18H,5-6,8-10H2,1H3. The van der Waals surface area contributed by atoms with Crippen molar-refractivity contribution in [3.63, 3.8) is 0 Å². The lowest BCUT2D eigenvalue weighted by molar-refractivity contribution is 0.0600. The maximum Gasteiger partial charge on any atom is 0.337 e. The molecular weight excluding hydrogens is 310 g/mol. The first-order valence-electron chi connectivity index (χ1n) is 8.05. The Labute approximate surface area is 139 Å². The first kappa shape index (κ1) is 15.1. The van der Waals surface area contributed by atoms with Gasteiger partial charge < -0.3 is 19.3 Å². The number of hydrogen-bond donors (Lipinski definition) is 1. The van der Waals surface area contributed by atoms with E-state index in [1.807, 2.05) is 0 Å². The predicted molar refractivity (Wildman–Crippen MR) is 83.7 cm³/mol. The van der Waals surface area contributed by atoms with Gasteiger partial charge in [-0.1, -0.05) is 11.2 Å². The number of esters is 1. The summed E-state index contributed by atoms with van der Waals surface area (Å²) < 4.78 is 15.7. The van der Waals surface area contributed by atoms with Crippen molar-refractivity contribution in [3.8, 4) is 5.75 Å². The minimum absolute atomic E-state index is 0.200. The Hall–Kier alpha value is -2.41. The fourth-order valence-electron chi connectivity index (χ4n) is 3.38. The summed E-state index contributed by atoms with van der Waals surface area (Å²) in [5.41, 5.74) is 0.775. The Kier molecular flexibility index (Phi) is 3.72. The van der Waals surface area contributed by atoms with Gasteiger partial charge in [-0.25, -0.2) is 4.79 Å². The van der Waals surface area contributed by atoms with E-state index in [2.05, 4.69) is 15.5 Å². The first-order chi connectivity index (χ1) is 11.7. The van der Waals surface area contributed by atoms with E-state index in [-0.39, 0.29) is 6.61 Å². The molecule has 1 aromatic carbocycles. The third-order valence-electron chi connectivity index (χ3n) is 4.87. The van der Waals surface area contributed by atoms with Gasteiger partial charge in [0.15, 0.2) is 6.61 Å². The van der Waals surface area contributed by atoms with Gasteiger partial charge in [0.05, 0.1) is 12.7 Å². The number of nitrogens with one attached hydrogen (secondary N) is 1. The quantitative estimate of drug-likeness (QED) is 0.838. The molecule has 1 saturated heterocycles. The Bertz CT molecular complexity index is 752. The molecule has 2 fully saturated rings. The number of hydrogen-bond acceptors (Lipinski definition) is 7. The summed E-state index contributed by atoms with van der Waals surface area (Å²) in [4.78, 5) is 16.0. The number of nitrogens with zero attached hydrogens (tertiary/aromatic N) is 2. The second-order valence-corrected chi connectivity index (χ2v) is 6.40. The summed E-state index contributed by atoms with van der Waals surface area (Å²) in [6, 6.07) is 6.82. The number of carbonyl (C=O) groups excluding carboxylic acids is 1. The van der Waals surface area contributed by atoms with Crippen molar-refractivity contribution in [1.29, 1.82) is 0 Å². The summed E-state index contributed by atoms with van der Waals surface area (Å²) in [5, 5.41) is 7.39. The lowest BCUT2D eigenvalue weighted by atomic mass is 10.0. The molecule has 0 radical (unpaired) electrons. The van der Waals surface area contributed by atoms with Crippen LogP contribution in [0, 0.1) is 5.41 Å². The van der Waals surface area contributed by atoms with Crippen molar-refractivity contribution >= 4 is 5.97 Å². The van der Waals surface area contributed by atoms with Crippen LogP contribution in [0.4, 0.5) is 0 Å². The minimum atomic E-state index is -0.397. The van der Waals surface area contributed by atoms with Crippen LogP contribution in [0.2, 0.25) is 0 Å². The zero-order valence-electron chi connectivity index (χ0n) is 13.4. The molecule has 1 aliphatic heterocycles. The molecule has 1 spiro atoms. The molecule has 4 rings (SSSR count). The van der Waals surface area contributed by atoms with Crippen molar-refractivity contribution in [2.45, 2.75) is 25.4 Å². The average Bonchev–Trinajstić information content (AvgIpc) is 2.95. The van der Waals surface area contributed by atoms with Gasteiger partial charge in [-0.2, -0.15) is 4.98 Å². The number of carbonyl (C=O) groups is 1. The average molecular weight is 329 g/mol. The Balaban J connectivity index is 1.38. The van der Waals surface area contributed by atoms with Crippen LogP contribution in [0.25, 0.3) is 0 Å². The lowest BCUT2D eigenvalue weighted by Gasteiger charge is -2.05. The van der Waals surface area contributed by atoms with Crippen LogP contribution >= 0.6 is 0 Å². The zero-order chi connectivity index (χ0) is 16.6. The molecule has 2 unspecified atom stereocenters. The molecule has 7 nitrogen and oxygen atoms in total. The van der Waals surface area contributed by atoms with Crippen LogP contribution in [0.5, 0.6) is 5.75 Å². The fraction of sp³-hybridized carbons (Fsp3) is 0.471. The highest BCUT2D eigenvalue weighted by Crippen LogP contribution is 2.62. The van der Waals surface area contributed by atoms with Crippen LogP contribution in [-0.2, 0) is 11.3 Å². The molecule has 0 bridgehead atoms. The number of aromatic nitrogens is 2. The van der Waals surface area contributed by atoms with Gasteiger partial charge in [0, 0.05) is 12.5 Å². The normalized spacial score (nSPS) is 25.0. The molecule has 1 aromatic heterocycles. The maximum atomic E-state index is 11.5. The molecule has 2 aliphatic rings. The molecule has 126 valence electrons. The molecule has 2 aromatic rings. The van der Waals surface area contributed by atoms with E-state index in [0.29, 0.717) is 34.4 Å². The van der Waals surface area contributed by atoms with Gasteiger partial charge in [-0.3, -0.25) is 0 Å². The van der Waals surface area contributed by atoms with Crippen LogP contribution in [0.15, 0.2) is 28.8 Å². The van der Waals surface area contributed by atoms with Gasteiger partial charge in [-0.15, -0.1) is 0 Å². The summed E-state index contributed by atoms with van der Waals surface area (Å²) in [7, 11) is 1.35. The Morgan fingerprint density at radius 3 is 3.21 bits per heavy atom. The van der Waals surface area contributed by atoms with Gasteiger partial charge in [-0.05, 0) is 43.0 Å². The largest absolute Gasteiger partial charge is 0.485 e.